The van der Waals surface area contributed by atoms with Gasteiger partial charge in [-0.05, 0) is 145 Å². The molecule has 1 atom stereocenters. The van der Waals surface area contributed by atoms with E-state index in [0.29, 0.717) is 0 Å². The van der Waals surface area contributed by atoms with Crippen molar-refractivity contribution in [2.75, 3.05) is 9.80 Å². The molecule has 0 radical (unpaired) electrons. The van der Waals surface area contributed by atoms with Crippen LogP contribution in [0.4, 0.5) is 34.1 Å². The highest BCUT2D eigenvalue weighted by Crippen LogP contribution is 2.53. The van der Waals surface area contributed by atoms with Gasteiger partial charge < -0.3 is 14.2 Å². The highest BCUT2D eigenvalue weighted by Gasteiger charge is 2.49. The molecule has 3 heterocycles. The van der Waals surface area contributed by atoms with Crippen LogP contribution in [-0.4, -0.2) is 6.71 Å². The minimum Gasteiger partial charge on any atom is -0.468 e. The SMILES string of the molecule is [2H]C1([2H])C(C)(C)c2cc3c4c(oc3cc2C(C)(C)C1([2H])C)B1c2cc(C(C)(C)C)ccc2N(c2ccc(C(C)(C)C)cc2)c2cc(C)cc(c21)N4c1ccc(C(C)(C)C)cc1. The number of aryl methyl sites for hydroxylation is 1. The second kappa shape index (κ2) is 12.4. The van der Waals surface area contributed by atoms with E-state index in [2.05, 4.69) is 170 Å². The highest BCUT2D eigenvalue weighted by atomic mass is 16.3. The van der Waals surface area contributed by atoms with Crippen LogP contribution in [0.25, 0.3) is 11.0 Å². The van der Waals surface area contributed by atoms with Crippen LogP contribution in [0.15, 0.2) is 95.4 Å². The van der Waals surface area contributed by atoms with E-state index in [1.54, 1.807) is 6.92 Å². The molecule has 0 spiro atoms. The topological polar surface area (TPSA) is 19.6 Å². The van der Waals surface area contributed by atoms with Gasteiger partial charge in [0.1, 0.15) is 5.58 Å². The molecule has 0 N–H and O–H groups in total. The quantitative estimate of drug-likeness (QED) is 0.163. The van der Waals surface area contributed by atoms with Gasteiger partial charge >= 0.3 is 0 Å². The van der Waals surface area contributed by atoms with E-state index in [4.69, 9.17) is 4.42 Å². The van der Waals surface area contributed by atoms with Crippen LogP contribution in [0.1, 0.15) is 141 Å². The van der Waals surface area contributed by atoms with E-state index in [9.17, 15) is 4.11 Å². The molecule has 1 aromatic heterocycles. The first kappa shape index (κ1) is 35.3. The summed E-state index contributed by atoms with van der Waals surface area (Å²) >= 11 is 0. The fourth-order valence-electron chi connectivity index (χ4n) is 9.83. The Morgan fingerprint density at radius 2 is 1.17 bits per heavy atom. The van der Waals surface area contributed by atoms with Crippen LogP contribution in [0.2, 0.25) is 0 Å². The van der Waals surface area contributed by atoms with Crippen LogP contribution in [-0.2, 0) is 27.1 Å². The van der Waals surface area contributed by atoms with Crippen LogP contribution < -0.4 is 26.4 Å². The third kappa shape index (κ3) is 5.82. The van der Waals surface area contributed by atoms with Crippen molar-refractivity contribution in [2.45, 2.75) is 137 Å². The van der Waals surface area contributed by atoms with Gasteiger partial charge in [-0.2, -0.15) is 0 Å². The molecule has 298 valence electrons. The van der Waals surface area contributed by atoms with Gasteiger partial charge in [0.15, 0.2) is 0 Å². The van der Waals surface area contributed by atoms with Gasteiger partial charge in [-0.15, -0.1) is 0 Å². The lowest BCUT2D eigenvalue weighted by molar-refractivity contribution is 0.234. The first-order chi connectivity index (χ1) is 28.1. The summed E-state index contributed by atoms with van der Waals surface area (Å²) in [4.78, 5) is 4.89. The van der Waals surface area contributed by atoms with Gasteiger partial charge in [-0.25, -0.2) is 0 Å². The normalized spacial score (nSPS) is 21.1. The Bertz CT molecular complexity index is 2770. The maximum Gasteiger partial charge on any atom is 0.297 e. The second-order valence-corrected chi connectivity index (χ2v) is 21.6. The van der Waals surface area contributed by atoms with Crippen molar-refractivity contribution in [1.82, 2.24) is 0 Å². The molecule has 2 aliphatic heterocycles. The van der Waals surface area contributed by atoms with Crippen molar-refractivity contribution in [2.24, 2.45) is 5.89 Å². The smallest absolute Gasteiger partial charge is 0.297 e. The molecule has 0 bridgehead atoms. The van der Waals surface area contributed by atoms with Gasteiger partial charge in [0, 0.05) is 37.9 Å². The molecule has 1 aliphatic carbocycles. The first-order valence-electron chi connectivity index (χ1n) is 22.8. The van der Waals surface area contributed by atoms with Gasteiger partial charge in [-0.3, -0.25) is 0 Å². The average Bonchev–Trinajstić information content (AvgIpc) is 3.53. The third-order valence-corrected chi connectivity index (χ3v) is 13.6. The zero-order valence-corrected chi connectivity index (χ0v) is 37.5. The lowest BCUT2D eigenvalue weighted by Gasteiger charge is -2.46. The summed E-state index contributed by atoms with van der Waals surface area (Å²) in [5, 5.41) is 0.962. The van der Waals surface area contributed by atoms with Crippen LogP contribution in [0.3, 0.4) is 0 Å². The van der Waals surface area contributed by atoms with Gasteiger partial charge in [0.2, 0.25) is 0 Å². The molecule has 0 saturated carbocycles. The number of nitrogens with zero attached hydrogens (tertiary/aromatic N) is 2. The molecule has 1 unspecified atom stereocenters. The minimum absolute atomic E-state index is 0.0121. The first-order valence-corrected chi connectivity index (χ1v) is 21.3. The van der Waals surface area contributed by atoms with Crippen molar-refractivity contribution in [3.8, 4) is 0 Å². The summed E-state index contributed by atoms with van der Waals surface area (Å²) in [5.74, 6) is -1.40. The zero-order chi connectivity index (χ0) is 44.4. The predicted molar refractivity (Wildman–Crippen MR) is 251 cm³/mol. The highest BCUT2D eigenvalue weighted by molar-refractivity contribution is 7.00. The summed E-state index contributed by atoms with van der Waals surface area (Å²) in [7, 11) is 0. The summed E-state index contributed by atoms with van der Waals surface area (Å²) in [6, 6.07) is 34.3. The molecule has 0 saturated heterocycles. The molecule has 5 aromatic carbocycles. The number of fused-ring (bicyclic) bond motifs is 7. The number of rotatable bonds is 2. The third-order valence-electron chi connectivity index (χ3n) is 13.6. The molecule has 9 rings (SSSR count). The Morgan fingerprint density at radius 3 is 1.72 bits per heavy atom. The average molecular weight is 770 g/mol. The number of furan rings is 1. The second-order valence-electron chi connectivity index (χ2n) is 21.6. The van der Waals surface area contributed by atoms with E-state index in [1.807, 2.05) is 27.7 Å². The molecule has 3 nitrogen and oxygen atoms in total. The van der Waals surface area contributed by atoms with Crippen LogP contribution >= 0.6 is 0 Å². The van der Waals surface area contributed by atoms with Gasteiger partial charge in [-0.1, -0.05) is 133 Å². The molecule has 6 aromatic rings. The summed E-state index contributed by atoms with van der Waals surface area (Å²) < 4.78 is 36.2. The summed E-state index contributed by atoms with van der Waals surface area (Å²) in [6.07, 6.45) is -1.82. The van der Waals surface area contributed by atoms with Crippen LogP contribution in [0, 0.1) is 12.8 Å². The van der Waals surface area contributed by atoms with E-state index in [0.717, 1.165) is 67.4 Å². The number of anilines is 6. The number of hydrogen-bond acceptors (Lipinski definition) is 3. The Hall–Kier alpha value is -4.70. The molecule has 58 heavy (non-hydrogen) atoms. The Morgan fingerprint density at radius 1 is 0.655 bits per heavy atom. The maximum atomic E-state index is 9.63. The van der Waals surface area contributed by atoms with Crippen molar-refractivity contribution < 1.29 is 8.53 Å². The van der Waals surface area contributed by atoms with Crippen molar-refractivity contribution in [3.05, 3.63) is 124 Å². The standard InChI is InChI=1S/C54H63BN2O/c1-32-26-44-47-45(27-32)57(38-23-18-35(19-24-38)51(6,7)8)48-39-29-40-41(54(14,15)33(2)31-53(40,12)13)30-46(39)58-49(48)55(47)42-28-36(52(9,10)11)20-25-43(42)56(44)37-21-16-34(17-22-37)50(3,4)5/h16-30,33H,31H2,1-15H3/i31D2,33D. The monoisotopic (exact) mass is 770 g/mol. The molecule has 0 fully saturated rings. The lowest BCUT2D eigenvalue weighted by atomic mass is 9.35. The van der Waals surface area contributed by atoms with E-state index in [1.165, 1.54) is 27.6 Å². The minimum atomic E-state index is -1.82. The zero-order valence-electron chi connectivity index (χ0n) is 40.5. The number of hydrogen-bond donors (Lipinski definition) is 0. The van der Waals surface area contributed by atoms with Gasteiger partial charge in [0.05, 0.1) is 11.3 Å². The van der Waals surface area contributed by atoms with Crippen molar-refractivity contribution in [1.29, 1.82) is 0 Å². The Labute approximate surface area is 353 Å². The number of benzene rings is 5. The van der Waals surface area contributed by atoms with E-state index < -0.39 is 23.1 Å². The van der Waals surface area contributed by atoms with Crippen molar-refractivity contribution in [3.63, 3.8) is 0 Å². The van der Waals surface area contributed by atoms with Crippen LogP contribution in [0.5, 0.6) is 0 Å². The molecular weight excluding hydrogens is 703 g/mol. The van der Waals surface area contributed by atoms with E-state index in [-0.39, 0.29) is 23.0 Å². The van der Waals surface area contributed by atoms with Crippen molar-refractivity contribution >= 4 is 68.4 Å². The Balaban J connectivity index is 1.41. The predicted octanol–water partition coefficient (Wildman–Crippen LogP) is 13.3. The molecular formula is C54H63BN2O. The Kier molecular flexibility index (Phi) is 7.55. The lowest BCUT2D eigenvalue weighted by Crippen LogP contribution is -2.61. The van der Waals surface area contributed by atoms with Gasteiger partial charge in [0.25, 0.3) is 6.71 Å². The maximum absolute atomic E-state index is 9.63. The van der Waals surface area contributed by atoms with E-state index >= 15 is 0 Å². The fraction of sp³-hybridized carbons (Fsp3) is 0.407. The molecule has 3 aliphatic rings. The summed E-state index contributed by atoms with van der Waals surface area (Å²) in [6.45, 7) is 32.2. The largest absolute Gasteiger partial charge is 0.468 e. The molecule has 4 heteroatoms. The fourth-order valence-corrected chi connectivity index (χ4v) is 9.83. The summed E-state index contributed by atoms with van der Waals surface area (Å²) in [5.41, 5.74) is 15.7. The molecule has 0 amide bonds.